The Balaban J connectivity index is 1.89. The number of alkyl halides is 1. The Morgan fingerprint density at radius 2 is 2.44 bits per heavy atom. The summed E-state index contributed by atoms with van der Waals surface area (Å²) in [5.41, 5.74) is 0. The molecule has 0 unspecified atom stereocenters. The smallest absolute Gasteiger partial charge is 0.145 e. The van der Waals surface area contributed by atoms with Crippen LogP contribution in [0.3, 0.4) is 0 Å². The van der Waals surface area contributed by atoms with E-state index in [2.05, 4.69) is 9.99 Å². The fourth-order valence-electron chi connectivity index (χ4n) is 0.462. The summed E-state index contributed by atoms with van der Waals surface area (Å²) in [5, 5.41) is 3.56. The van der Waals surface area contributed by atoms with Crippen LogP contribution in [0.15, 0.2) is 5.16 Å². The highest BCUT2D eigenvalue weighted by molar-refractivity contribution is 5.62. The molecule has 0 aromatic heterocycles. The van der Waals surface area contributed by atoms with E-state index in [1.165, 1.54) is 12.8 Å². The highest BCUT2D eigenvalue weighted by Crippen LogP contribution is 2.26. The number of rotatable bonds is 4. The molecule has 0 bridgehead atoms. The molecule has 0 aromatic rings. The zero-order valence-corrected chi connectivity index (χ0v) is 5.22. The molecule has 9 heavy (non-hydrogen) atoms. The van der Waals surface area contributed by atoms with Gasteiger partial charge >= 0.3 is 0 Å². The van der Waals surface area contributed by atoms with Crippen molar-refractivity contribution in [3.63, 3.8) is 0 Å². The molecule has 1 aliphatic rings. The number of hydrogen-bond acceptors (Lipinski definition) is 2. The second kappa shape index (κ2) is 3.43. The van der Waals surface area contributed by atoms with Crippen molar-refractivity contribution in [3.05, 3.63) is 0 Å². The van der Waals surface area contributed by atoms with Gasteiger partial charge in [-0.1, -0.05) is 5.16 Å². The molecule has 1 saturated carbocycles. The number of hydrogen-bond donors (Lipinski definition) is 0. The summed E-state index contributed by atoms with van der Waals surface area (Å²) in [6.07, 6.45) is 4.17. The van der Waals surface area contributed by atoms with Crippen LogP contribution in [0.1, 0.15) is 12.8 Å². The third-order valence-electron chi connectivity index (χ3n) is 1.14. The van der Waals surface area contributed by atoms with Crippen molar-refractivity contribution in [1.29, 1.82) is 0 Å². The van der Waals surface area contributed by atoms with E-state index < -0.39 is 6.67 Å². The summed E-state index contributed by atoms with van der Waals surface area (Å²) in [5.74, 6) is 0.615. The molecule has 0 amide bonds. The van der Waals surface area contributed by atoms with E-state index in [-0.39, 0.29) is 6.61 Å². The van der Waals surface area contributed by atoms with Gasteiger partial charge in [0, 0.05) is 6.21 Å². The van der Waals surface area contributed by atoms with Crippen molar-refractivity contribution >= 4 is 6.21 Å². The van der Waals surface area contributed by atoms with E-state index in [9.17, 15) is 4.39 Å². The third-order valence-corrected chi connectivity index (χ3v) is 1.14. The van der Waals surface area contributed by atoms with Crippen LogP contribution in [-0.4, -0.2) is 19.5 Å². The predicted octanol–water partition coefficient (Wildman–Crippen LogP) is 1.37. The lowest BCUT2D eigenvalue weighted by Gasteiger charge is -1.89. The van der Waals surface area contributed by atoms with Gasteiger partial charge in [0.1, 0.15) is 13.3 Å². The average molecular weight is 131 g/mol. The molecule has 0 atom stereocenters. The van der Waals surface area contributed by atoms with Crippen LogP contribution < -0.4 is 0 Å². The Bertz CT molecular complexity index is 101. The van der Waals surface area contributed by atoms with Crippen molar-refractivity contribution < 1.29 is 9.23 Å². The van der Waals surface area contributed by atoms with Crippen molar-refractivity contribution in [1.82, 2.24) is 0 Å². The lowest BCUT2D eigenvalue weighted by molar-refractivity contribution is 0.128. The molecule has 1 aliphatic carbocycles. The van der Waals surface area contributed by atoms with Crippen molar-refractivity contribution in [2.75, 3.05) is 13.3 Å². The van der Waals surface area contributed by atoms with Crippen molar-refractivity contribution in [2.24, 2.45) is 11.1 Å². The van der Waals surface area contributed by atoms with E-state index >= 15 is 0 Å². The summed E-state index contributed by atoms with van der Waals surface area (Å²) in [6, 6.07) is 0. The normalized spacial score (nSPS) is 18.8. The Labute approximate surface area is 53.7 Å². The molecule has 1 rings (SSSR count). The molecule has 52 valence electrons. The molecule has 0 radical (unpaired) electrons. The number of oxime groups is 1. The van der Waals surface area contributed by atoms with Gasteiger partial charge in [-0.25, -0.2) is 4.39 Å². The van der Waals surface area contributed by atoms with Crippen LogP contribution in [0.5, 0.6) is 0 Å². The summed E-state index contributed by atoms with van der Waals surface area (Å²) >= 11 is 0. The Morgan fingerprint density at radius 3 is 3.00 bits per heavy atom. The molecule has 3 heteroatoms. The van der Waals surface area contributed by atoms with Crippen LogP contribution in [-0.2, 0) is 4.84 Å². The standard InChI is InChI=1S/C6H10FNO/c7-3-4-9-8-5-6-1-2-6/h5-6H,1-4H2/b8-5-. The first-order valence-corrected chi connectivity index (χ1v) is 3.15. The maximum Gasteiger partial charge on any atom is 0.145 e. The highest BCUT2D eigenvalue weighted by atomic mass is 19.1. The monoisotopic (exact) mass is 131 g/mol. The number of nitrogens with zero attached hydrogens (tertiary/aromatic N) is 1. The Kier molecular flexibility index (Phi) is 2.48. The Hall–Kier alpha value is -0.600. The molecular weight excluding hydrogens is 121 g/mol. The summed E-state index contributed by atoms with van der Waals surface area (Å²) in [6.45, 7) is -0.370. The van der Waals surface area contributed by atoms with Crippen molar-refractivity contribution in [2.45, 2.75) is 12.8 Å². The van der Waals surface area contributed by atoms with Crippen LogP contribution in [0.25, 0.3) is 0 Å². The lowest BCUT2D eigenvalue weighted by Crippen LogP contribution is -1.89. The maximum absolute atomic E-state index is 11.3. The van der Waals surface area contributed by atoms with Gasteiger partial charge in [-0.15, -0.1) is 0 Å². The lowest BCUT2D eigenvalue weighted by atomic mass is 10.5. The second-order valence-electron chi connectivity index (χ2n) is 2.11. The zero-order valence-electron chi connectivity index (χ0n) is 5.22. The van der Waals surface area contributed by atoms with Crippen LogP contribution in [0, 0.1) is 5.92 Å². The van der Waals surface area contributed by atoms with Gasteiger partial charge in [-0.05, 0) is 18.8 Å². The first-order chi connectivity index (χ1) is 4.43. The van der Waals surface area contributed by atoms with Gasteiger partial charge in [0.05, 0.1) is 0 Å². The minimum atomic E-state index is -0.456. The fraction of sp³-hybridized carbons (Fsp3) is 0.833. The van der Waals surface area contributed by atoms with E-state index in [4.69, 9.17) is 0 Å². The van der Waals surface area contributed by atoms with Gasteiger partial charge in [-0.2, -0.15) is 0 Å². The van der Waals surface area contributed by atoms with Crippen LogP contribution in [0.2, 0.25) is 0 Å². The molecule has 0 heterocycles. The molecule has 0 spiro atoms. The maximum atomic E-state index is 11.3. The average Bonchev–Trinajstić information content (AvgIpc) is 2.63. The molecule has 0 aromatic carbocycles. The molecule has 0 N–H and O–H groups in total. The quantitative estimate of drug-likeness (QED) is 0.321. The minimum absolute atomic E-state index is 0.0865. The zero-order chi connectivity index (χ0) is 6.53. The van der Waals surface area contributed by atoms with Gasteiger partial charge < -0.3 is 4.84 Å². The molecule has 0 aliphatic heterocycles. The summed E-state index contributed by atoms with van der Waals surface area (Å²) in [7, 11) is 0. The topological polar surface area (TPSA) is 21.6 Å². The highest BCUT2D eigenvalue weighted by Gasteiger charge is 2.18. The molecule has 0 saturated heterocycles. The van der Waals surface area contributed by atoms with Crippen molar-refractivity contribution in [3.8, 4) is 0 Å². The first-order valence-electron chi connectivity index (χ1n) is 3.15. The number of halogens is 1. The van der Waals surface area contributed by atoms with Gasteiger partial charge in [0.25, 0.3) is 0 Å². The van der Waals surface area contributed by atoms with E-state index in [0.717, 1.165) is 0 Å². The summed E-state index contributed by atoms with van der Waals surface area (Å²) < 4.78 is 11.3. The predicted molar refractivity (Wildman–Crippen MR) is 33.1 cm³/mol. The molecule has 2 nitrogen and oxygen atoms in total. The molecular formula is C6H10FNO. The minimum Gasteiger partial charge on any atom is -0.393 e. The first kappa shape index (κ1) is 6.52. The van der Waals surface area contributed by atoms with E-state index in [1.807, 2.05) is 0 Å². The Morgan fingerprint density at radius 1 is 1.67 bits per heavy atom. The largest absolute Gasteiger partial charge is 0.393 e. The van der Waals surface area contributed by atoms with Gasteiger partial charge in [-0.3, -0.25) is 0 Å². The fourth-order valence-corrected chi connectivity index (χ4v) is 0.462. The van der Waals surface area contributed by atoms with Crippen LogP contribution in [0.4, 0.5) is 4.39 Å². The second-order valence-corrected chi connectivity index (χ2v) is 2.11. The SMILES string of the molecule is FCCO/N=C\C1CC1. The molecule has 1 fully saturated rings. The van der Waals surface area contributed by atoms with Gasteiger partial charge in [0.15, 0.2) is 0 Å². The third kappa shape index (κ3) is 3.06. The van der Waals surface area contributed by atoms with E-state index in [1.54, 1.807) is 6.21 Å². The summed E-state index contributed by atoms with van der Waals surface area (Å²) in [4.78, 5) is 4.53. The van der Waals surface area contributed by atoms with Gasteiger partial charge in [0.2, 0.25) is 0 Å². The van der Waals surface area contributed by atoms with E-state index in [0.29, 0.717) is 5.92 Å². The van der Waals surface area contributed by atoms with Crippen LogP contribution >= 0.6 is 0 Å².